The molecule has 7 nitrogen and oxygen atoms in total. The van der Waals surface area contributed by atoms with Crippen LogP contribution in [0.15, 0.2) is 30.7 Å². The molecule has 3 aromatic heterocycles. The molecule has 0 spiro atoms. The van der Waals surface area contributed by atoms with E-state index < -0.39 is 6.43 Å². The van der Waals surface area contributed by atoms with Gasteiger partial charge >= 0.3 is 0 Å². The zero-order valence-electron chi connectivity index (χ0n) is 14.2. The highest BCUT2D eigenvalue weighted by molar-refractivity contribution is 5.86. The fraction of sp³-hybridized carbons (Fsp3) is 0.353. The highest BCUT2D eigenvalue weighted by atomic mass is 19.3. The SMILES string of the molecule is Cc1nc(C(F)F)cc(N2CCN(c3ncnc4ncccc34)CC2)n1. The van der Waals surface area contributed by atoms with Crippen LogP contribution < -0.4 is 9.80 Å². The third kappa shape index (κ3) is 3.12. The molecule has 0 radical (unpaired) electrons. The Morgan fingerprint density at radius 1 is 1.00 bits per heavy atom. The van der Waals surface area contributed by atoms with E-state index in [-0.39, 0.29) is 5.69 Å². The first-order chi connectivity index (χ1) is 12.6. The molecule has 1 aliphatic heterocycles. The van der Waals surface area contributed by atoms with E-state index >= 15 is 0 Å². The molecule has 134 valence electrons. The van der Waals surface area contributed by atoms with Crippen molar-refractivity contribution in [1.29, 1.82) is 0 Å². The topological polar surface area (TPSA) is 70.9 Å². The first-order valence-electron chi connectivity index (χ1n) is 8.31. The van der Waals surface area contributed by atoms with Gasteiger partial charge in [-0.1, -0.05) is 0 Å². The van der Waals surface area contributed by atoms with E-state index in [0.29, 0.717) is 43.5 Å². The third-order valence-electron chi connectivity index (χ3n) is 4.36. The first kappa shape index (κ1) is 16.5. The lowest BCUT2D eigenvalue weighted by Crippen LogP contribution is -2.47. The number of hydrogen-bond donors (Lipinski definition) is 0. The molecule has 0 N–H and O–H groups in total. The van der Waals surface area contributed by atoms with E-state index in [1.165, 1.54) is 12.4 Å². The van der Waals surface area contributed by atoms with Crippen molar-refractivity contribution in [1.82, 2.24) is 24.9 Å². The van der Waals surface area contributed by atoms with Crippen molar-refractivity contribution in [3.05, 3.63) is 42.2 Å². The third-order valence-corrected chi connectivity index (χ3v) is 4.36. The number of rotatable bonds is 3. The highest BCUT2D eigenvalue weighted by Crippen LogP contribution is 2.25. The molecule has 0 unspecified atom stereocenters. The Kier molecular flexibility index (Phi) is 4.27. The predicted molar refractivity (Wildman–Crippen MR) is 93.5 cm³/mol. The molecule has 0 aromatic carbocycles. The molecule has 1 fully saturated rings. The predicted octanol–water partition coefficient (Wildman–Crippen LogP) is 2.39. The van der Waals surface area contributed by atoms with Gasteiger partial charge in [0.2, 0.25) is 0 Å². The van der Waals surface area contributed by atoms with Gasteiger partial charge in [-0.2, -0.15) is 0 Å². The maximum atomic E-state index is 13.0. The normalized spacial score (nSPS) is 15.1. The smallest absolute Gasteiger partial charge is 0.280 e. The van der Waals surface area contributed by atoms with Gasteiger partial charge in [0.25, 0.3) is 6.43 Å². The monoisotopic (exact) mass is 357 g/mol. The molecule has 0 saturated carbocycles. The van der Waals surface area contributed by atoms with Crippen LogP contribution in [0.4, 0.5) is 20.4 Å². The molecular weight excluding hydrogens is 340 g/mol. The fourth-order valence-corrected chi connectivity index (χ4v) is 3.13. The summed E-state index contributed by atoms with van der Waals surface area (Å²) in [6.45, 7) is 4.35. The van der Waals surface area contributed by atoms with E-state index in [9.17, 15) is 8.78 Å². The Morgan fingerprint density at radius 2 is 1.77 bits per heavy atom. The summed E-state index contributed by atoms with van der Waals surface area (Å²) in [6.07, 6.45) is 0.617. The van der Waals surface area contributed by atoms with Crippen LogP contribution in [0.3, 0.4) is 0 Å². The molecule has 26 heavy (non-hydrogen) atoms. The number of anilines is 2. The molecule has 0 aliphatic carbocycles. The standard InChI is InChI=1S/C17H17F2N7/c1-11-23-13(15(18)19)9-14(24-11)25-5-7-26(8-6-25)17-12-3-2-4-20-16(12)21-10-22-17/h2-4,9-10,15H,5-8H2,1H3. The fourth-order valence-electron chi connectivity index (χ4n) is 3.13. The number of alkyl halides is 2. The number of hydrogen-bond acceptors (Lipinski definition) is 7. The molecule has 0 atom stereocenters. The van der Waals surface area contributed by atoms with Crippen LogP contribution in [0.5, 0.6) is 0 Å². The highest BCUT2D eigenvalue weighted by Gasteiger charge is 2.22. The van der Waals surface area contributed by atoms with Gasteiger partial charge in [-0.05, 0) is 19.1 Å². The molecule has 4 rings (SSSR count). The maximum absolute atomic E-state index is 13.0. The summed E-state index contributed by atoms with van der Waals surface area (Å²) in [7, 11) is 0. The molecule has 9 heteroatoms. The summed E-state index contributed by atoms with van der Waals surface area (Å²) in [5.41, 5.74) is 0.427. The Morgan fingerprint density at radius 3 is 2.54 bits per heavy atom. The van der Waals surface area contributed by atoms with Crippen molar-refractivity contribution < 1.29 is 8.78 Å². The Labute approximate surface area is 148 Å². The summed E-state index contributed by atoms with van der Waals surface area (Å²) >= 11 is 0. The van der Waals surface area contributed by atoms with Gasteiger partial charge in [-0.15, -0.1) is 0 Å². The molecule has 3 aromatic rings. The van der Waals surface area contributed by atoms with Crippen LogP contribution >= 0.6 is 0 Å². The molecule has 4 heterocycles. The lowest BCUT2D eigenvalue weighted by Gasteiger charge is -2.36. The van der Waals surface area contributed by atoms with Crippen molar-refractivity contribution in [3.63, 3.8) is 0 Å². The number of pyridine rings is 1. The number of halogens is 2. The number of aryl methyl sites for hydroxylation is 1. The van der Waals surface area contributed by atoms with Crippen molar-refractivity contribution in [3.8, 4) is 0 Å². The van der Waals surface area contributed by atoms with Gasteiger partial charge in [0.1, 0.15) is 29.5 Å². The van der Waals surface area contributed by atoms with Crippen molar-refractivity contribution in [2.75, 3.05) is 36.0 Å². The van der Waals surface area contributed by atoms with Gasteiger partial charge in [-0.25, -0.2) is 33.7 Å². The molecule has 0 amide bonds. The summed E-state index contributed by atoms with van der Waals surface area (Å²) in [5.74, 6) is 1.74. The van der Waals surface area contributed by atoms with Crippen molar-refractivity contribution in [2.24, 2.45) is 0 Å². The number of aromatic nitrogens is 5. The minimum atomic E-state index is -2.60. The minimum Gasteiger partial charge on any atom is -0.353 e. The second kappa shape index (κ2) is 6.74. The van der Waals surface area contributed by atoms with Crippen LogP contribution in [0, 0.1) is 6.92 Å². The van der Waals surface area contributed by atoms with Gasteiger partial charge in [0.15, 0.2) is 5.65 Å². The molecular formula is C17H17F2N7. The summed E-state index contributed by atoms with van der Waals surface area (Å²) < 4.78 is 26.0. The first-order valence-corrected chi connectivity index (χ1v) is 8.31. The van der Waals surface area contributed by atoms with E-state index in [2.05, 4.69) is 29.8 Å². The second-order valence-electron chi connectivity index (χ2n) is 6.04. The summed E-state index contributed by atoms with van der Waals surface area (Å²) in [6, 6.07) is 5.19. The zero-order valence-corrected chi connectivity index (χ0v) is 14.2. The van der Waals surface area contributed by atoms with Crippen LogP contribution in [0.25, 0.3) is 11.0 Å². The molecule has 1 saturated heterocycles. The Balaban J connectivity index is 1.54. The van der Waals surface area contributed by atoms with E-state index in [1.54, 1.807) is 13.1 Å². The summed E-state index contributed by atoms with van der Waals surface area (Å²) in [4.78, 5) is 25.1. The van der Waals surface area contributed by atoms with Crippen LogP contribution in [0.2, 0.25) is 0 Å². The molecule has 0 bridgehead atoms. The number of fused-ring (bicyclic) bond motifs is 1. The average molecular weight is 357 g/mol. The average Bonchev–Trinajstić information content (AvgIpc) is 2.67. The Hall–Kier alpha value is -2.97. The largest absolute Gasteiger partial charge is 0.353 e. The summed E-state index contributed by atoms with van der Waals surface area (Å²) in [5, 5.41) is 0.904. The van der Waals surface area contributed by atoms with Gasteiger partial charge in [0, 0.05) is 38.4 Å². The van der Waals surface area contributed by atoms with Gasteiger partial charge < -0.3 is 9.80 Å². The van der Waals surface area contributed by atoms with Crippen LogP contribution in [-0.2, 0) is 0 Å². The van der Waals surface area contributed by atoms with E-state index in [4.69, 9.17) is 0 Å². The quantitative estimate of drug-likeness (QED) is 0.713. The lowest BCUT2D eigenvalue weighted by molar-refractivity contribution is 0.145. The van der Waals surface area contributed by atoms with E-state index in [0.717, 1.165) is 11.2 Å². The number of nitrogens with zero attached hydrogens (tertiary/aromatic N) is 7. The maximum Gasteiger partial charge on any atom is 0.280 e. The molecule has 1 aliphatic rings. The van der Waals surface area contributed by atoms with Gasteiger partial charge in [0.05, 0.1) is 5.39 Å². The van der Waals surface area contributed by atoms with Crippen LogP contribution in [0.1, 0.15) is 17.9 Å². The zero-order chi connectivity index (χ0) is 18.1. The Bertz CT molecular complexity index is 921. The van der Waals surface area contributed by atoms with E-state index in [1.807, 2.05) is 17.0 Å². The second-order valence-corrected chi connectivity index (χ2v) is 6.04. The van der Waals surface area contributed by atoms with Crippen molar-refractivity contribution in [2.45, 2.75) is 13.3 Å². The minimum absolute atomic E-state index is 0.234. The number of piperazine rings is 1. The lowest BCUT2D eigenvalue weighted by atomic mass is 10.2. The van der Waals surface area contributed by atoms with Crippen LogP contribution in [-0.4, -0.2) is 51.1 Å². The van der Waals surface area contributed by atoms with Crippen molar-refractivity contribution >= 4 is 22.7 Å². The van der Waals surface area contributed by atoms with Gasteiger partial charge in [-0.3, -0.25) is 0 Å².